The third-order valence-corrected chi connectivity index (χ3v) is 3.62. The SMILES string of the molecule is CC1=NN(c2ccccc2)C(=O)N(NC(=O)c2ccc(C)cc2)C1. The van der Waals surface area contributed by atoms with Crippen LogP contribution in [-0.2, 0) is 0 Å². The molecule has 0 fully saturated rings. The number of hydrogen-bond donors (Lipinski definition) is 1. The number of carbonyl (C=O) groups is 2. The molecule has 0 aromatic heterocycles. The maximum atomic E-state index is 12.6. The summed E-state index contributed by atoms with van der Waals surface area (Å²) in [6, 6.07) is 15.9. The molecule has 24 heavy (non-hydrogen) atoms. The average molecular weight is 322 g/mol. The average Bonchev–Trinajstić information content (AvgIpc) is 2.59. The van der Waals surface area contributed by atoms with E-state index in [0.29, 0.717) is 11.3 Å². The van der Waals surface area contributed by atoms with E-state index in [2.05, 4.69) is 10.5 Å². The summed E-state index contributed by atoms with van der Waals surface area (Å²) in [5.41, 5.74) is 5.60. The highest BCUT2D eigenvalue weighted by Gasteiger charge is 2.29. The van der Waals surface area contributed by atoms with Gasteiger partial charge in [0.05, 0.1) is 17.9 Å². The van der Waals surface area contributed by atoms with E-state index in [1.54, 1.807) is 24.3 Å². The Morgan fingerprint density at radius 1 is 1.04 bits per heavy atom. The predicted octanol–water partition coefficient (Wildman–Crippen LogP) is 2.96. The Morgan fingerprint density at radius 2 is 1.71 bits per heavy atom. The van der Waals surface area contributed by atoms with Crippen LogP contribution in [-0.4, -0.2) is 29.2 Å². The minimum absolute atomic E-state index is 0.250. The normalized spacial score (nSPS) is 14.4. The number of aryl methyl sites for hydroxylation is 1. The van der Waals surface area contributed by atoms with Crippen LogP contribution in [0.4, 0.5) is 10.5 Å². The van der Waals surface area contributed by atoms with Crippen LogP contribution in [0.1, 0.15) is 22.8 Å². The Balaban J connectivity index is 1.79. The van der Waals surface area contributed by atoms with Crippen LogP contribution >= 0.6 is 0 Å². The van der Waals surface area contributed by atoms with Crippen LogP contribution in [0.5, 0.6) is 0 Å². The first kappa shape index (κ1) is 15.7. The Morgan fingerprint density at radius 3 is 2.38 bits per heavy atom. The number of hydrazone groups is 1. The van der Waals surface area contributed by atoms with Crippen LogP contribution in [0.15, 0.2) is 59.7 Å². The summed E-state index contributed by atoms with van der Waals surface area (Å²) >= 11 is 0. The minimum atomic E-state index is -0.396. The fourth-order valence-electron chi connectivity index (χ4n) is 2.37. The van der Waals surface area contributed by atoms with Crippen molar-refractivity contribution in [2.75, 3.05) is 11.6 Å². The molecule has 2 aromatic carbocycles. The van der Waals surface area contributed by atoms with Crippen molar-refractivity contribution in [2.24, 2.45) is 5.10 Å². The summed E-state index contributed by atoms with van der Waals surface area (Å²) < 4.78 is 0. The Hall–Kier alpha value is -3.15. The van der Waals surface area contributed by atoms with Crippen LogP contribution in [0.3, 0.4) is 0 Å². The Bertz CT molecular complexity index is 784. The number of carbonyl (C=O) groups excluding carboxylic acids is 2. The molecular formula is C18H18N4O2. The first-order valence-corrected chi connectivity index (χ1v) is 7.63. The molecule has 0 bridgehead atoms. The molecule has 1 N–H and O–H groups in total. The van der Waals surface area contributed by atoms with Gasteiger partial charge >= 0.3 is 6.03 Å². The highest BCUT2D eigenvalue weighted by atomic mass is 16.2. The number of benzene rings is 2. The van der Waals surface area contributed by atoms with Gasteiger partial charge in [0.15, 0.2) is 0 Å². The molecule has 0 saturated heterocycles. The molecule has 0 saturated carbocycles. The summed E-state index contributed by atoms with van der Waals surface area (Å²) in [6.45, 7) is 4.01. The summed E-state index contributed by atoms with van der Waals surface area (Å²) in [5, 5.41) is 6.84. The van der Waals surface area contributed by atoms with Gasteiger partial charge in [0.25, 0.3) is 5.91 Å². The molecule has 122 valence electrons. The second kappa shape index (κ2) is 6.54. The lowest BCUT2D eigenvalue weighted by Crippen LogP contribution is -2.55. The largest absolute Gasteiger partial charge is 0.364 e. The van der Waals surface area contributed by atoms with Gasteiger partial charge in [-0.25, -0.2) is 9.80 Å². The van der Waals surface area contributed by atoms with E-state index in [9.17, 15) is 9.59 Å². The lowest BCUT2D eigenvalue weighted by atomic mass is 10.1. The summed E-state index contributed by atoms with van der Waals surface area (Å²) in [4.78, 5) is 25.0. The standard InChI is InChI=1S/C18H18N4O2/c1-13-8-10-15(11-9-13)17(23)20-21-12-14(2)19-22(18(21)24)16-6-4-3-5-7-16/h3-11H,12H2,1-2H3,(H,20,23). The van der Waals surface area contributed by atoms with Gasteiger partial charge in [-0.1, -0.05) is 35.9 Å². The number of hydrazine groups is 1. The van der Waals surface area contributed by atoms with Gasteiger partial charge in [0.1, 0.15) is 0 Å². The monoisotopic (exact) mass is 322 g/mol. The molecule has 6 nitrogen and oxygen atoms in total. The van der Waals surface area contributed by atoms with E-state index in [1.807, 2.05) is 44.2 Å². The maximum absolute atomic E-state index is 12.6. The van der Waals surface area contributed by atoms with E-state index in [0.717, 1.165) is 11.3 Å². The number of rotatable bonds is 3. The molecule has 1 heterocycles. The quantitative estimate of drug-likeness (QED) is 0.944. The second-order valence-electron chi connectivity index (χ2n) is 5.66. The molecule has 0 atom stereocenters. The molecule has 1 aliphatic heterocycles. The first-order valence-electron chi connectivity index (χ1n) is 7.63. The van der Waals surface area contributed by atoms with Gasteiger partial charge in [0.2, 0.25) is 0 Å². The fraction of sp³-hybridized carbons (Fsp3) is 0.167. The van der Waals surface area contributed by atoms with Crippen LogP contribution < -0.4 is 10.4 Å². The highest BCUT2D eigenvalue weighted by molar-refractivity contribution is 6.03. The van der Waals surface area contributed by atoms with E-state index < -0.39 is 6.03 Å². The summed E-state index contributed by atoms with van der Waals surface area (Å²) in [6.07, 6.45) is 0. The highest BCUT2D eigenvalue weighted by Crippen LogP contribution is 2.18. The fourth-order valence-corrected chi connectivity index (χ4v) is 2.37. The van der Waals surface area contributed by atoms with Crippen molar-refractivity contribution in [3.05, 3.63) is 65.7 Å². The number of urea groups is 1. The van der Waals surface area contributed by atoms with Crippen molar-refractivity contribution in [1.29, 1.82) is 0 Å². The zero-order valence-corrected chi connectivity index (χ0v) is 13.6. The van der Waals surface area contributed by atoms with Crippen molar-refractivity contribution >= 4 is 23.3 Å². The number of amides is 3. The molecular weight excluding hydrogens is 304 g/mol. The van der Waals surface area contributed by atoms with Crippen LogP contribution in [0.2, 0.25) is 0 Å². The van der Waals surface area contributed by atoms with Gasteiger partial charge in [0, 0.05) is 5.56 Å². The second-order valence-corrected chi connectivity index (χ2v) is 5.66. The molecule has 0 unspecified atom stereocenters. The van der Waals surface area contributed by atoms with Crippen LogP contribution in [0.25, 0.3) is 0 Å². The van der Waals surface area contributed by atoms with Crippen molar-refractivity contribution < 1.29 is 9.59 Å². The van der Waals surface area contributed by atoms with Gasteiger partial charge in [-0.05, 0) is 38.1 Å². The predicted molar refractivity (Wildman–Crippen MR) is 92.8 cm³/mol. The lowest BCUT2D eigenvalue weighted by Gasteiger charge is -2.32. The summed E-state index contributed by atoms with van der Waals surface area (Å²) in [5.74, 6) is -0.328. The number of hydrogen-bond acceptors (Lipinski definition) is 3. The zero-order valence-electron chi connectivity index (χ0n) is 13.6. The molecule has 6 heteroatoms. The number of nitrogens with zero attached hydrogens (tertiary/aromatic N) is 3. The van der Waals surface area contributed by atoms with E-state index in [4.69, 9.17) is 0 Å². The van der Waals surface area contributed by atoms with Crippen LogP contribution in [0, 0.1) is 6.92 Å². The Labute approximate surface area is 140 Å². The van der Waals surface area contributed by atoms with E-state index in [-0.39, 0.29) is 12.5 Å². The van der Waals surface area contributed by atoms with Crippen molar-refractivity contribution in [3.63, 3.8) is 0 Å². The third kappa shape index (κ3) is 3.27. The van der Waals surface area contributed by atoms with E-state index in [1.165, 1.54) is 10.0 Å². The van der Waals surface area contributed by atoms with Gasteiger partial charge in [-0.2, -0.15) is 10.1 Å². The smallest absolute Gasteiger partial charge is 0.267 e. The molecule has 0 radical (unpaired) electrons. The topological polar surface area (TPSA) is 65.0 Å². The summed E-state index contributed by atoms with van der Waals surface area (Å²) in [7, 11) is 0. The van der Waals surface area contributed by atoms with Gasteiger partial charge in [-0.3, -0.25) is 10.2 Å². The van der Waals surface area contributed by atoms with Gasteiger partial charge < -0.3 is 0 Å². The van der Waals surface area contributed by atoms with Crippen molar-refractivity contribution in [3.8, 4) is 0 Å². The van der Waals surface area contributed by atoms with E-state index >= 15 is 0 Å². The third-order valence-electron chi connectivity index (χ3n) is 3.62. The Kier molecular flexibility index (Phi) is 4.29. The minimum Gasteiger partial charge on any atom is -0.267 e. The molecule has 3 rings (SSSR count). The molecule has 1 aliphatic rings. The molecule has 3 amide bonds. The molecule has 0 aliphatic carbocycles. The number of nitrogens with one attached hydrogen (secondary N) is 1. The molecule has 2 aromatic rings. The van der Waals surface area contributed by atoms with Gasteiger partial charge in [-0.15, -0.1) is 0 Å². The zero-order chi connectivity index (χ0) is 17.1. The first-order chi connectivity index (χ1) is 11.5. The number of anilines is 1. The van der Waals surface area contributed by atoms with Crippen molar-refractivity contribution in [1.82, 2.24) is 10.4 Å². The van der Waals surface area contributed by atoms with Crippen molar-refractivity contribution in [2.45, 2.75) is 13.8 Å². The lowest BCUT2D eigenvalue weighted by molar-refractivity contribution is 0.0845. The molecule has 0 spiro atoms. The number of para-hydroxylation sites is 1. The maximum Gasteiger partial charge on any atom is 0.364 e.